The molecule has 8 heteroatoms. The third kappa shape index (κ3) is 3.53. The molecule has 6 nitrogen and oxygen atoms in total. The van der Waals surface area contributed by atoms with Gasteiger partial charge in [-0.25, -0.2) is 0 Å². The monoisotopic (exact) mass is 398 g/mol. The lowest BCUT2D eigenvalue weighted by Gasteiger charge is -2.36. The lowest BCUT2D eigenvalue weighted by Crippen LogP contribution is -2.48. The molecule has 2 saturated heterocycles. The topological polar surface area (TPSA) is 77.9 Å². The molecule has 0 aliphatic carbocycles. The van der Waals surface area contributed by atoms with Gasteiger partial charge in [0.25, 0.3) is 0 Å². The van der Waals surface area contributed by atoms with Crippen LogP contribution >= 0.6 is 23.2 Å². The Morgan fingerprint density at radius 1 is 1.19 bits per heavy atom. The molecule has 3 rings (SSSR count). The molecule has 26 heavy (non-hydrogen) atoms. The molecular weight excluding hydrogens is 379 g/mol. The van der Waals surface area contributed by atoms with E-state index in [1.54, 1.807) is 23.1 Å². The number of likely N-dealkylation sites (tertiary alicyclic amines) is 1. The van der Waals surface area contributed by atoms with Crippen LogP contribution in [-0.4, -0.2) is 47.4 Å². The molecule has 3 atom stereocenters. The number of carbonyl (C=O) groups excluding carboxylic acids is 2. The number of hydrogen-bond donors (Lipinski definition) is 1. The van der Waals surface area contributed by atoms with Crippen LogP contribution in [0.4, 0.5) is 5.69 Å². The van der Waals surface area contributed by atoms with E-state index >= 15 is 0 Å². The molecule has 1 aromatic carbocycles. The van der Waals surface area contributed by atoms with E-state index in [-0.39, 0.29) is 17.7 Å². The predicted octanol–water partition coefficient (Wildman–Crippen LogP) is 2.92. The van der Waals surface area contributed by atoms with Crippen LogP contribution in [0.1, 0.15) is 19.8 Å². The van der Waals surface area contributed by atoms with Gasteiger partial charge >= 0.3 is 5.97 Å². The highest BCUT2D eigenvalue weighted by Crippen LogP contribution is 2.34. The van der Waals surface area contributed by atoms with Crippen molar-refractivity contribution in [2.75, 3.05) is 24.5 Å². The van der Waals surface area contributed by atoms with E-state index in [4.69, 9.17) is 23.2 Å². The summed E-state index contributed by atoms with van der Waals surface area (Å²) in [5.74, 6) is -2.68. The van der Waals surface area contributed by atoms with Crippen molar-refractivity contribution in [3.63, 3.8) is 0 Å². The zero-order chi connectivity index (χ0) is 19.0. The minimum Gasteiger partial charge on any atom is -0.481 e. The highest BCUT2D eigenvalue weighted by Gasteiger charge is 2.42. The summed E-state index contributed by atoms with van der Waals surface area (Å²) in [6.07, 6.45) is 0.820. The van der Waals surface area contributed by atoms with Gasteiger partial charge in [0.1, 0.15) is 5.92 Å². The molecule has 0 bridgehead atoms. The van der Waals surface area contributed by atoms with Gasteiger partial charge in [-0.05, 0) is 37.0 Å². The fourth-order valence-electron chi connectivity index (χ4n) is 3.77. The van der Waals surface area contributed by atoms with Gasteiger partial charge in [0.05, 0.1) is 16.6 Å². The van der Waals surface area contributed by atoms with E-state index in [1.807, 2.05) is 6.92 Å². The summed E-state index contributed by atoms with van der Waals surface area (Å²) in [7, 11) is 0. The molecule has 1 N–H and O–H groups in total. The standard InChI is InChI=1S/C18H20Cl2N2O4/c1-10-9-21(6-4-12(10)18(25)26)16(23)13-5-7-22(17(13)24)15-8-11(19)2-3-14(15)20/h2-3,8,10,12-13H,4-7,9H2,1H3,(H,25,26). The van der Waals surface area contributed by atoms with Crippen molar-refractivity contribution in [1.29, 1.82) is 0 Å². The van der Waals surface area contributed by atoms with Gasteiger partial charge in [0.15, 0.2) is 0 Å². The fraction of sp³-hybridized carbons (Fsp3) is 0.500. The van der Waals surface area contributed by atoms with E-state index in [0.29, 0.717) is 48.2 Å². The van der Waals surface area contributed by atoms with E-state index in [1.165, 1.54) is 4.90 Å². The Balaban J connectivity index is 1.71. The van der Waals surface area contributed by atoms with Crippen LogP contribution in [0.5, 0.6) is 0 Å². The summed E-state index contributed by atoms with van der Waals surface area (Å²) >= 11 is 12.2. The first-order chi connectivity index (χ1) is 12.3. The molecule has 3 unspecified atom stereocenters. The normalized spacial score (nSPS) is 26.3. The van der Waals surface area contributed by atoms with E-state index in [9.17, 15) is 19.5 Å². The molecule has 0 radical (unpaired) electrons. The molecule has 0 spiro atoms. The van der Waals surface area contributed by atoms with Crippen molar-refractivity contribution in [3.8, 4) is 0 Å². The van der Waals surface area contributed by atoms with Crippen LogP contribution < -0.4 is 4.90 Å². The van der Waals surface area contributed by atoms with Gasteiger partial charge in [0, 0.05) is 24.7 Å². The SMILES string of the molecule is CC1CN(C(=O)C2CCN(c3cc(Cl)ccc3Cl)C2=O)CCC1C(=O)O. The number of carbonyl (C=O) groups is 3. The van der Waals surface area contributed by atoms with Crippen LogP contribution in [0, 0.1) is 17.8 Å². The number of amides is 2. The Morgan fingerprint density at radius 2 is 1.92 bits per heavy atom. The molecule has 0 aromatic heterocycles. The second kappa shape index (κ2) is 7.45. The van der Waals surface area contributed by atoms with Crippen LogP contribution in [0.15, 0.2) is 18.2 Å². The maximum absolute atomic E-state index is 12.8. The van der Waals surface area contributed by atoms with Crippen molar-refractivity contribution >= 4 is 46.7 Å². The Kier molecular flexibility index (Phi) is 5.44. The van der Waals surface area contributed by atoms with Gasteiger partial charge in [-0.1, -0.05) is 30.1 Å². The van der Waals surface area contributed by atoms with Gasteiger partial charge < -0.3 is 14.9 Å². The Hall–Kier alpha value is -1.79. The molecule has 2 fully saturated rings. The second-order valence-corrected chi connectivity index (χ2v) is 7.77. The molecular formula is C18H20Cl2N2O4. The first-order valence-corrected chi connectivity index (χ1v) is 9.33. The summed E-state index contributed by atoms with van der Waals surface area (Å²) in [5.41, 5.74) is 0.512. The lowest BCUT2D eigenvalue weighted by molar-refractivity contribution is -0.150. The Bertz CT molecular complexity index is 755. The van der Waals surface area contributed by atoms with Gasteiger partial charge in [0.2, 0.25) is 11.8 Å². The third-order valence-corrected chi connectivity index (χ3v) is 5.79. The van der Waals surface area contributed by atoms with Gasteiger partial charge in [-0.2, -0.15) is 0 Å². The highest BCUT2D eigenvalue weighted by molar-refractivity contribution is 6.36. The number of carboxylic acids is 1. The van der Waals surface area contributed by atoms with Crippen LogP contribution in [0.2, 0.25) is 10.0 Å². The zero-order valence-electron chi connectivity index (χ0n) is 14.3. The molecule has 2 aliphatic rings. The van der Waals surface area contributed by atoms with Crippen LogP contribution in [-0.2, 0) is 14.4 Å². The minimum absolute atomic E-state index is 0.139. The number of piperidine rings is 1. The van der Waals surface area contributed by atoms with Gasteiger partial charge in [-0.3, -0.25) is 14.4 Å². The predicted molar refractivity (Wildman–Crippen MR) is 98.4 cm³/mol. The molecule has 2 aliphatic heterocycles. The molecule has 1 aromatic rings. The largest absolute Gasteiger partial charge is 0.481 e. The van der Waals surface area contributed by atoms with Crippen LogP contribution in [0.3, 0.4) is 0 Å². The van der Waals surface area contributed by atoms with E-state index in [2.05, 4.69) is 0 Å². The smallest absolute Gasteiger partial charge is 0.306 e. The number of aliphatic carboxylic acids is 1. The first kappa shape index (κ1) is 19.0. The van der Waals surface area contributed by atoms with Crippen molar-refractivity contribution in [2.24, 2.45) is 17.8 Å². The zero-order valence-corrected chi connectivity index (χ0v) is 15.8. The number of halogens is 2. The number of benzene rings is 1. The first-order valence-electron chi connectivity index (χ1n) is 8.57. The lowest BCUT2D eigenvalue weighted by atomic mass is 9.86. The summed E-state index contributed by atoms with van der Waals surface area (Å²) in [4.78, 5) is 40.0. The number of nitrogens with zero attached hydrogens (tertiary/aromatic N) is 2. The number of hydrogen-bond acceptors (Lipinski definition) is 3. The summed E-state index contributed by atoms with van der Waals surface area (Å²) in [5, 5.41) is 10.1. The molecule has 0 saturated carbocycles. The molecule has 140 valence electrons. The van der Waals surface area contributed by atoms with E-state index in [0.717, 1.165) is 0 Å². The van der Waals surface area contributed by atoms with Crippen molar-refractivity contribution < 1.29 is 19.5 Å². The minimum atomic E-state index is -0.830. The average molecular weight is 399 g/mol. The molecule has 2 amide bonds. The highest BCUT2D eigenvalue weighted by atomic mass is 35.5. The summed E-state index contributed by atoms with van der Waals surface area (Å²) < 4.78 is 0. The second-order valence-electron chi connectivity index (χ2n) is 6.92. The van der Waals surface area contributed by atoms with Crippen molar-refractivity contribution in [1.82, 2.24) is 4.90 Å². The Labute approximate surface area is 161 Å². The fourth-order valence-corrected chi connectivity index (χ4v) is 4.16. The summed E-state index contributed by atoms with van der Waals surface area (Å²) in [6, 6.07) is 4.89. The van der Waals surface area contributed by atoms with Gasteiger partial charge in [-0.15, -0.1) is 0 Å². The van der Waals surface area contributed by atoms with Crippen molar-refractivity contribution in [2.45, 2.75) is 19.8 Å². The number of rotatable bonds is 3. The summed E-state index contributed by atoms with van der Waals surface area (Å²) in [6.45, 7) is 2.95. The average Bonchev–Trinajstić information content (AvgIpc) is 2.97. The maximum atomic E-state index is 12.8. The quantitative estimate of drug-likeness (QED) is 0.793. The van der Waals surface area contributed by atoms with Crippen LogP contribution in [0.25, 0.3) is 0 Å². The van der Waals surface area contributed by atoms with E-state index < -0.39 is 17.8 Å². The number of anilines is 1. The number of carboxylic acid groups (broad SMARTS) is 1. The Morgan fingerprint density at radius 3 is 2.58 bits per heavy atom. The van der Waals surface area contributed by atoms with Crippen molar-refractivity contribution in [3.05, 3.63) is 28.2 Å². The third-order valence-electron chi connectivity index (χ3n) is 5.24. The molecule has 2 heterocycles. The maximum Gasteiger partial charge on any atom is 0.306 e.